The second kappa shape index (κ2) is 4.19. The van der Waals surface area contributed by atoms with Crippen LogP contribution < -0.4 is 5.73 Å². The van der Waals surface area contributed by atoms with E-state index in [1.807, 2.05) is 0 Å². The first-order valence-corrected chi connectivity index (χ1v) is 6.47. The van der Waals surface area contributed by atoms with Crippen LogP contribution in [-0.4, -0.2) is 36.2 Å². The monoisotopic (exact) mass is 233 g/mol. The Morgan fingerprint density at radius 3 is 2.47 bits per heavy atom. The van der Waals surface area contributed by atoms with Gasteiger partial charge in [-0.05, 0) is 6.42 Å². The molecule has 0 spiro atoms. The van der Waals surface area contributed by atoms with Crippen molar-refractivity contribution in [1.82, 2.24) is 9.78 Å². The number of nitrogens with zero attached hydrogens (tertiary/aromatic N) is 2. The van der Waals surface area contributed by atoms with E-state index in [9.17, 15) is 8.42 Å². The van der Waals surface area contributed by atoms with Gasteiger partial charge in [0.2, 0.25) is 0 Å². The average Bonchev–Trinajstić information content (AvgIpc) is 2.43. The molecule has 7 heteroatoms. The summed E-state index contributed by atoms with van der Waals surface area (Å²) in [7, 11) is -3.36. The predicted octanol–water partition coefficient (Wildman–Crippen LogP) is -0.576. The van der Waals surface area contributed by atoms with E-state index in [-0.39, 0.29) is 23.9 Å². The molecule has 1 rings (SSSR count). The Morgan fingerprint density at radius 1 is 1.53 bits per heavy atom. The number of anilines is 1. The third kappa shape index (κ3) is 2.29. The van der Waals surface area contributed by atoms with Crippen molar-refractivity contribution < 1.29 is 13.5 Å². The fraction of sp³-hybridized carbons (Fsp3) is 0.625. The Hall–Kier alpha value is -1.08. The molecule has 1 aromatic rings. The first-order valence-electron chi connectivity index (χ1n) is 4.57. The molecule has 1 heterocycles. The maximum Gasteiger partial charge on any atom is 0.181 e. The van der Waals surface area contributed by atoms with E-state index in [0.29, 0.717) is 12.1 Å². The van der Waals surface area contributed by atoms with Crippen LogP contribution in [-0.2, 0) is 22.8 Å². The highest BCUT2D eigenvalue weighted by molar-refractivity contribution is 7.91. The average molecular weight is 233 g/mol. The molecule has 0 fully saturated rings. The van der Waals surface area contributed by atoms with E-state index < -0.39 is 9.84 Å². The quantitative estimate of drug-likeness (QED) is 0.725. The van der Waals surface area contributed by atoms with Gasteiger partial charge in [0, 0.05) is 6.26 Å². The highest BCUT2D eigenvalue weighted by Crippen LogP contribution is 2.22. The highest BCUT2D eigenvalue weighted by atomic mass is 32.2. The Morgan fingerprint density at radius 2 is 2.13 bits per heavy atom. The number of sulfone groups is 1. The first kappa shape index (κ1) is 12.0. The number of hydrogen-bond acceptors (Lipinski definition) is 5. The summed E-state index contributed by atoms with van der Waals surface area (Å²) in [4.78, 5) is 0.0819. The Balaban J connectivity index is 3.37. The van der Waals surface area contributed by atoms with E-state index in [1.165, 1.54) is 4.68 Å². The van der Waals surface area contributed by atoms with Crippen molar-refractivity contribution in [2.24, 2.45) is 0 Å². The zero-order valence-electron chi connectivity index (χ0n) is 8.77. The molecule has 6 nitrogen and oxygen atoms in total. The van der Waals surface area contributed by atoms with Crippen LogP contribution in [0.2, 0.25) is 0 Å². The van der Waals surface area contributed by atoms with Crippen LogP contribution >= 0.6 is 0 Å². The van der Waals surface area contributed by atoms with Crippen LogP contribution in [0.3, 0.4) is 0 Å². The molecule has 0 aliphatic rings. The van der Waals surface area contributed by atoms with Gasteiger partial charge < -0.3 is 10.8 Å². The first-order chi connectivity index (χ1) is 6.91. The minimum absolute atomic E-state index is 0.0819. The third-order valence-electron chi connectivity index (χ3n) is 2.03. The molecule has 0 aromatic carbocycles. The summed E-state index contributed by atoms with van der Waals surface area (Å²) < 4.78 is 24.2. The van der Waals surface area contributed by atoms with Crippen molar-refractivity contribution in [1.29, 1.82) is 0 Å². The molecule has 86 valence electrons. The van der Waals surface area contributed by atoms with Crippen molar-refractivity contribution in [2.45, 2.75) is 24.8 Å². The minimum Gasteiger partial charge on any atom is -0.394 e. The second-order valence-corrected chi connectivity index (χ2v) is 5.19. The van der Waals surface area contributed by atoms with Gasteiger partial charge in [-0.25, -0.2) is 13.1 Å². The Kier molecular flexibility index (Phi) is 3.35. The summed E-state index contributed by atoms with van der Waals surface area (Å²) in [5.74, 6) is 0.100. The van der Waals surface area contributed by atoms with E-state index in [1.54, 1.807) is 6.92 Å². The van der Waals surface area contributed by atoms with Gasteiger partial charge >= 0.3 is 0 Å². The van der Waals surface area contributed by atoms with Gasteiger partial charge in [0.05, 0.1) is 18.8 Å². The number of aryl methyl sites for hydroxylation is 1. The molecule has 0 saturated carbocycles. The van der Waals surface area contributed by atoms with Crippen molar-refractivity contribution in [2.75, 3.05) is 18.6 Å². The normalized spacial score (nSPS) is 11.9. The predicted molar refractivity (Wildman–Crippen MR) is 56.2 cm³/mol. The maximum absolute atomic E-state index is 11.5. The molecule has 0 radical (unpaired) electrons. The summed E-state index contributed by atoms with van der Waals surface area (Å²) in [6, 6.07) is 0. The number of nitrogens with two attached hydrogens (primary N) is 1. The van der Waals surface area contributed by atoms with Crippen molar-refractivity contribution in [3.63, 3.8) is 0 Å². The molecule has 0 bridgehead atoms. The second-order valence-electron chi connectivity index (χ2n) is 3.23. The zero-order chi connectivity index (χ0) is 11.6. The maximum atomic E-state index is 11.5. The van der Waals surface area contributed by atoms with E-state index >= 15 is 0 Å². The molecular formula is C8H15N3O3S. The summed E-state index contributed by atoms with van der Waals surface area (Å²) >= 11 is 0. The minimum atomic E-state index is -3.36. The molecular weight excluding hydrogens is 218 g/mol. The molecule has 0 aliphatic carbocycles. The lowest BCUT2D eigenvalue weighted by Crippen LogP contribution is -2.09. The fourth-order valence-electron chi connectivity index (χ4n) is 1.41. The van der Waals surface area contributed by atoms with Crippen LogP contribution in [0.25, 0.3) is 0 Å². The topological polar surface area (TPSA) is 98.2 Å². The smallest absolute Gasteiger partial charge is 0.181 e. The summed E-state index contributed by atoms with van der Waals surface area (Å²) in [5.41, 5.74) is 6.11. The SMILES string of the molecule is CCc1nn(CCO)c(N)c1S(C)(=O)=O. The molecule has 15 heavy (non-hydrogen) atoms. The van der Waals surface area contributed by atoms with Gasteiger partial charge in [0.25, 0.3) is 0 Å². The molecule has 0 atom stereocenters. The molecule has 3 N–H and O–H groups in total. The van der Waals surface area contributed by atoms with Crippen molar-refractivity contribution in [3.8, 4) is 0 Å². The molecule has 0 saturated heterocycles. The van der Waals surface area contributed by atoms with Crippen LogP contribution in [0.15, 0.2) is 4.90 Å². The van der Waals surface area contributed by atoms with E-state index in [2.05, 4.69) is 5.10 Å². The van der Waals surface area contributed by atoms with Crippen molar-refractivity contribution in [3.05, 3.63) is 5.69 Å². The Labute approximate surface area is 88.6 Å². The lowest BCUT2D eigenvalue weighted by molar-refractivity contribution is 0.270. The molecule has 0 unspecified atom stereocenters. The number of rotatable bonds is 4. The van der Waals surface area contributed by atoms with Crippen LogP contribution in [0.5, 0.6) is 0 Å². The van der Waals surface area contributed by atoms with Gasteiger partial charge in [-0.3, -0.25) is 0 Å². The number of aliphatic hydroxyl groups is 1. The van der Waals surface area contributed by atoms with Crippen LogP contribution in [0, 0.1) is 0 Å². The summed E-state index contributed by atoms with van der Waals surface area (Å²) in [6.07, 6.45) is 1.59. The fourth-order valence-corrected chi connectivity index (χ4v) is 2.51. The van der Waals surface area contributed by atoms with Gasteiger partial charge in [0.15, 0.2) is 9.84 Å². The lowest BCUT2D eigenvalue weighted by Gasteiger charge is -2.01. The number of hydrogen-bond donors (Lipinski definition) is 2. The summed E-state index contributed by atoms with van der Waals surface area (Å²) in [5, 5.41) is 12.8. The van der Waals surface area contributed by atoms with E-state index in [0.717, 1.165) is 6.26 Å². The molecule has 0 amide bonds. The highest BCUT2D eigenvalue weighted by Gasteiger charge is 2.22. The third-order valence-corrected chi connectivity index (χ3v) is 3.22. The largest absolute Gasteiger partial charge is 0.394 e. The van der Waals surface area contributed by atoms with Gasteiger partial charge in [-0.2, -0.15) is 5.10 Å². The van der Waals surface area contributed by atoms with Gasteiger partial charge in [0.1, 0.15) is 10.7 Å². The van der Waals surface area contributed by atoms with Crippen LogP contribution in [0.1, 0.15) is 12.6 Å². The van der Waals surface area contributed by atoms with Crippen LogP contribution in [0.4, 0.5) is 5.82 Å². The lowest BCUT2D eigenvalue weighted by atomic mass is 10.3. The molecule has 1 aromatic heterocycles. The summed E-state index contributed by atoms with van der Waals surface area (Å²) in [6.45, 7) is 1.88. The molecule has 0 aliphatic heterocycles. The van der Waals surface area contributed by atoms with Gasteiger partial charge in [-0.1, -0.05) is 6.92 Å². The number of aliphatic hydroxyl groups excluding tert-OH is 1. The zero-order valence-corrected chi connectivity index (χ0v) is 9.58. The van der Waals surface area contributed by atoms with Gasteiger partial charge in [-0.15, -0.1) is 0 Å². The van der Waals surface area contributed by atoms with E-state index in [4.69, 9.17) is 10.8 Å². The number of aromatic nitrogens is 2. The number of nitrogen functional groups attached to an aromatic ring is 1. The standard InChI is InChI=1S/C8H15N3O3S/c1-3-6-7(15(2,13)14)8(9)11(10-6)4-5-12/h12H,3-5,9H2,1-2H3. The Bertz CT molecular complexity index is 450. The van der Waals surface area contributed by atoms with Crippen molar-refractivity contribution >= 4 is 15.7 Å².